The number of rotatable bonds is 6. The predicted molar refractivity (Wildman–Crippen MR) is 86.8 cm³/mol. The van der Waals surface area contributed by atoms with E-state index in [0.29, 0.717) is 12.5 Å². The van der Waals surface area contributed by atoms with Crippen LogP contribution in [0.1, 0.15) is 36.5 Å². The Bertz CT molecular complexity index is 624. The average Bonchev–Trinajstić information content (AvgIpc) is 2.51. The topological polar surface area (TPSA) is 51.2 Å². The van der Waals surface area contributed by atoms with Crippen molar-refractivity contribution in [2.75, 3.05) is 6.61 Å². The molecule has 1 aromatic carbocycles. The SMILES string of the molecule is Cc1cc(OCC(=O)NCc2cccnc2)ccc1C(C)C. The molecular weight excluding hydrogens is 276 g/mol. The van der Waals surface area contributed by atoms with E-state index in [9.17, 15) is 4.79 Å². The molecule has 0 spiro atoms. The Labute approximate surface area is 131 Å². The molecule has 1 N–H and O–H groups in total. The van der Waals surface area contributed by atoms with E-state index in [4.69, 9.17) is 4.74 Å². The van der Waals surface area contributed by atoms with Gasteiger partial charge in [0.05, 0.1) is 0 Å². The summed E-state index contributed by atoms with van der Waals surface area (Å²) in [5.41, 5.74) is 3.45. The number of aromatic nitrogens is 1. The molecule has 116 valence electrons. The van der Waals surface area contributed by atoms with Crippen LogP contribution in [-0.2, 0) is 11.3 Å². The van der Waals surface area contributed by atoms with Gasteiger partial charge in [-0.2, -0.15) is 0 Å². The molecule has 0 saturated heterocycles. The maximum atomic E-state index is 11.8. The number of carbonyl (C=O) groups excluding carboxylic acids is 1. The van der Waals surface area contributed by atoms with Crippen molar-refractivity contribution in [3.05, 3.63) is 59.4 Å². The number of nitrogens with one attached hydrogen (secondary N) is 1. The van der Waals surface area contributed by atoms with Gasteiger partial charge in [-0.3, -0.25) is 9.78 Å². The maximum absolute atomic E-state index is 11.8. The van der Waals surface area contributed by atoms with E-state index in [0.717, 1.165) is 11.3 Å². The Kier molecular flexibility index (Phi) is 5.53. The molecule has 0 aliphatic carbocycles. The lowest BCUT2D eigenvalue weighted by molar-refractivity contribution is -0.123. The molecule has 0 unspecified atom stereocenters. The highest BCUT2D eigenvalue weighted by molar-refractivity contribution is 5.77. The molecule has 0 bridgehead atoms. The fourth-order valence-corrected chi connectivity index (χ4v) is 2.29. The van der Waals surface area contributed by atoms with Crippen molar-refractivity contribution < 1.29 is 9.53 Å². The van der Waals surface area contributed by atoms with Gasteiger partial charge >= 0.3 is 0 Å². The molecule has 1 heterocycles. The Morgan fingerprint density at radius 3 is 2.77 bits per heavy atom. The van der Waals surface area contributed by atoms with Crippen LogP contribution in [0.15, 0.2) is 42.7 Å². The van der Waals surface area contributed by atoms with Crippen LogP contribution in [0.25, 0.3) is 0 Å². The number of carbonyl (C=O) groups is 1. The summed E-state index contributed by atoms with van der Waals surface area (Å²) in [6.45, 7) is 6.86. The van der Waals surface area contributed by atoms with Gasteiger partial charge in [-0.25, -0.2) is 0 Å². The van der Waals surface area contributed by atoms with Crippen LogP contribution in [-0.4, -0.2) is 17.5 Å². The van der Waals surface area contributed by atoms with E-state index in [-0.39, 0.29) is 12.5 Å². The van der Waals surface area contributed by atoms with E-state index in [1.54, 1.807) is 12.4 Å². The van der Waals surface area contributed by atoms with E-state index in [2.05, 4.69) is 37.1 Å². The van der Waals surface area contributed by atoms with Crippen LogP contribution in [0, 0.1) is 6.92 Å². The second kappa shape index (κ2) is 7.59. The fourth-order valence-electron chi connectivity index (χ4n) is 2.29. The summed E-state index contributed by atoms with van der Waals surface area (Å²) in [7, 11) is 0. The van der Waals surface area contributed by atoms with Crippen molar-refractivity contribution in [3.63, 3.8) is 0 Å². The molecule has 0 radical (unpaired) electrons. The number of pyridine rings is 1. The van der Waals surface area contributed by atoms with Crippen molar-refractivity contribution in [1.82, 2.24) is 10.3 Å². The van der Waals surface area contributed by atoms with Gasteiger partial charge in [0.1, 0.15) is 5.75 Å². The smallest absolute Gasteiger partial charge is 0.258 e. The molecule has 0 fully saturated rings. The van der Waals surface area contributed by atoms with Gasteiger partial charge in [-0.05, 0) is 47.7 Å². The summed E-state index contributed by atoms with van der Waals surface area (Å²) in [5, 5.41) is 2.81. The first-order chi connectivity index (χ1) is 10.6. The van der Waals surface area contributed by atoms with E-state index < -0.39 is 0 Å². The summed E-state index contributed by atoms with van der Waals surface area (Å²) >= 11 is 0. The summed E-state index contributed by atoms with van der Waals surface area (Å²) in [5.74, 6) is 1.06. The van der Waals surface area contributed by atoms with E-state index in [1.165, 1.54) is 11.1 Å². The van der Waals surface area contributed by atoms with Gasteiger partial charge in [0.2, 0.25) is 0 Å². The largest absolute Gasteiger partial charge is 0.484 e. The normalized spacial score (nSPS) is 10.5. The van der Waals surface area contributed by atoms with Crippen molar-refractivity contribution in [3.8, 4) is 5.75 Å². The number of benzene rings is 1. The first-order valence-electron chi connectivity index (χ1n) is 7.45. The second-order valence-electron chi connectivity index (χ2n) is 5.60. The molecule has 22 heavy (non-hydrogen) atoms. The zero-order chi connectivity index (χ0) is 15.9. The minimum Gasteiger partial charge on any atom is -0.484 e. The minimum absolute atomic E-state index is 0.0146. The summed E-state index contributed by atoms with van der Waals surface area (Å²) in [6.07, 6.45) is 3.44. The molecule has 0 atom stereocenters. The molecular formula is C18H22N2O2. The monoisotopic (exact) mass is 298 g/mol. The van der Waals surface area contributed by atoms with Crippen molar-refractivity contribution in [2.24, 2.45) is 0 Å². The summed E-state index contributed by atoms with van der Waals surface area (Å²) in [4.78, 5) is 15.8. The van der Waals surface area contributed by atoms with Crippen LogP contribution in [0.3, 0.4) is 0 Å². The van der Waals surface area contributed by atoms with Crippen LogP contribution in [0.4, 0.5) is 0 Å². The van der Waals surface area contributed by atoms with Crippen LogP contribution >= 0.6 is 0 Å². The highest BCUT2D eigenvalue weighted by Gasteiger charge is 2.07. The average molecular weight is 298 g/mol. The van der Waals surface area contributed by atoms with Gasteiger partial charge in [0.15, 0.2) is 6.61 Å². The van der Waals surface area contributed by atoms with Crippen molar-refractivity contribution in [2.45, 2.75) is 33.2 Å². The lowest BCUT2D eigenvalue weighted by atomic mass is 9.98. The highest BCUT2D eigenvalue weighted by Crippen LogP contribution is 2.23. The standard InChI is InChI=1S/C18H22N2O2/c1-13(2)17-7-6-16(9-14(17)3)22-12-18(21)20-11-15-5-4-8-19-10-15/h4-10,13H,11-12H2,1-3H3,(H,20,21). The number of aryl methyl sites for hydroxylation is 1. The van der Waals surface area contributed by atoms with E-state index in [1.807, 2.05) is 24.3 Å². The second-order valence-corrected chi connectivity index (χ2v) is 5.60. The third kappa shape index (κ3) is 4.58. The Morgan fingerprint density at radius 1 is 1.32 bits per heavy atom. The van der Waals surface area contributed by atoms with Gasteiger partial charge in [0.25, 0.3) is 5.91 Å². The van der Waals surface area contributed by atoms with Crippen LogP contribution in [0.5, 0.6) is 5.75 Å². The molecule has 2 aromatic rings. The molecule has 0 aliphatic heterocycles. The third-order valence-electron chi connectivity index (χ3n) is 3.45. The zero-order valence-corrected chi connectivity index (χ0v) is 13.3. The lowest BCUT2D eigenvalue weighted by Gasteiger charge is -2.12. The van der Waals surface area contributed by atoms with Gasteiger partial charge < -0.3 is 10.1 Å². The molecule has 1 amide bonds. The molecule has 2 rings (SSSR count). The fraction of sp³-hybridized carbons (Fsp3) is 0.333. The predicted octanol–water partition coefficient (Wildman–Crippen LogP) is 3.21. The van der Waals surface area contributed by atoms with Crippen molar-refractivity contribution in [1.29, 1.82) is 0 Å². The maximum Gasteiger partial charge on any atom is 0.258 e. The Hall–Kier alpha value is -2.36. The van der Waals surface area contributed by atoms with Crippen molar-refractivity contribution >= 4 is 5.91 Å². The van der Waals surface area contributed by atoms with E-state index >= 15 is 0 Å². The molecule has 1 aromatic heterocycles. The Morgan fingerprint density at radius 2 is 2.14 bits per heavy atom. The number of amides is 1. The quantitative estimate of drug-likeness (QED) is 0.891. The Balaban J connectivity index is 1.82. The molecule has 0 aliphatic rings. The molecule has 0 saturated carbocycles. The third-order valence-corrected chi connectivity index (χ3v) is 3.45. The van der Waals surface area contributed by atoms with Crippen LogP contribution < -0.4 is 10.1 Å². The summed E-state index contributed by atoms with van der Waals surface area (Å²) in [6, 6.07) is 9.71. The van der Waals surface area contributed by atoms with Gasteiger partial charge in [-0.15, -0.1) is 0 Å². The molecule has 4 nitrogen and oxygen atoms in total. The number of ether oxygens (including phenoxy) is 1. The number of hydrogen-bond acceptors (Lipinski definition) is 3. The lowest BCUT2D eigenvalue weighted by Crippen LogP contribution is -2.28. The van der Waals surface area contributed by atoms with Crippen LogP contribution in [0.2, 0.25) is 0 Å². The minimum atomic E-state index is -0.144. The highest BCUT2D eigenvalue weighted by atomic mass is 16.5. The van der Waals surface area contributed by atoms with Gasteiger partial charge in [0, 0.05) is 18.9 Å². The van der Waals surface area contributed by atoms with Gasteiger partial charge in [-0.1, -0.05) is 26.0 Å². The summed E-state index contributed by atoms with van der Waals surface area (Å²) < 4.78 is 5.54. The molecule has 4 heteroatoms. The first-order valence-corrected chi connectivity index (χ1v) is 7.45. The number of nitrogens with zero attached hydrogens (tertiary/aromatic N) is 1. The first kappa shape index (κ1) is 16.0. The number of hydrogen-bond donors (Lipinski definition) is 1. The zero-order valence-electron chi connectivity index (χ0n) is 13.3.